The topological polar surface area (TPSA) is 147 Å². The van der Waals surface area contributed by atoms with Crippen molar-refractivity contribution in [1.82, 2.24) is 5.32 Å². The third-order valence-electron chi connectivity index (χ3n) is 11.1. The highest BCUT2D eigenvalue weighted by Crippen LogP contribution is 2.68. The lowest BCUT2D eigenvalue weighted by molar-refractivity contribution is -0.127. The second-order valence-corrected chi connectivity index (χ2v) is 15.6. The molecular weight excluding hydrogens is 518 g/mol. The van der Waals surface area contributed by atoms with Crippen LogP contribution in [-0.2, 0) is 29.5 Å². The molecule has 0 aliphatic heterocycles. The van der Waals surface area contributed by atoms with Crippen LogP contribution in [0.15, 0.2) is 0 Å². The fraction of sp³-hybridized carbons (Fsp3) is 0.962. The number of nitrogens with one attached hydrogen (secondary N) is 1. The molecule has 4 saturated carbocycles. The first-order valence-corrected chi connectivity index (χ1v) is 17.0. The van der Waals surface area contributed by atoms with Crippen LogP contribution in [0.4, 0.5) is 0 Å². The molecule has 0 aromatic carbocycles. The number of hydrogen-bond donors (Lipinski definition) is 3. The van der Waals surface area contributed by atoms with Crippen molar-refractivity contribution >= 4 is 26.4 Å². The van der Waals surface area contributed by atoms with Crippen LogP contribution in [0.25, 0.3) is 0 Å². The number of carbonyl (C=O) groups is 1. The zero-order chi connectivity index (χ0) is 27.2. The molecule has 0 heterocycles. The molecule has 0 saturated heterocycles. The van der Waals surface area contributed by atoms with E-state index >= 15 is 0 Å². The van der Waals surface area contributed by atoms with Gasteiger partial charge in [-0.05, 0) is 111 Å². The van der Waals surface area contributed by atoms with Crippen molar-refractivity contribution in [2.24, 2.45) is 46.3 Å². The van der Waals surface area contributed by atoms with Gasteiger partial charge in [0.1, 0.15) is 0 Å². The van der Waals surface area contributed by atoms with Gasteiger partial charge in [-0.3, -0.25) is 13.9 Å². The fourth-order valence-corrected chi connectivity index (χ4v) is 10.3. The van der Waals surface area contributed by atoms with E-state index in [4.69, 9.17) is 13.3 Å². The van der Waals surface area contributed by atoms with Crippen LogP contribution in [0.5, 0.6) is 0 Å². The van der Waals surface area contributed by atoms with Gasteiger partial charge in [-0.25, -0.2) is 4.18 Å². The Bertz CT molecular complexity index is 1060. The minimum absolute atomic E-state index is 0.0687. The Morgan fingerprint density at radius 1 is 0.973 bits per heavy atom. The molecule has 0 unspecified atom stereocenters. The van der Waals surface area contributed by atoms with Gasteiger partial charge in [0.2, 0.25) is 5.91 Å². The van der Waals surface area contributed by atoms with Gasteiger partial charge in [0.05, 0.1) is 11.9 Å². The van der Waals surface area contributed by atoms with Gasteiger partial charge in [0.15, 0.2) is 0 Å². The Morgan fingerprint density at radius 3 is 2.32 bits per heavy atom. The van der Waals surface area contributed by atoms with Crippen LogP contribution >= 0.6 is 0 Å². The van der Waals surface area contributed by atoms with E-state index in [1.54, 1.807) is 0 Å². The third-order valence-corrected chi connectivity index (χ3v) is 12.4. The van der Waals surface area contributed by atoms with Crippen molar-refractivity contribution in [2.75, 3.05) is 12.3 Å². The summed E-state index contributed by atoms with van der Waals surface area (Å²) in [6.07, 6.45) is 10.1. The zero-order valence-electron chi connectivity index (χ0n) is 22.4. The molecule has 0 radical (unpaired) electrons. The highest BCUT2D eigenvalue weighted by Gasteiger charge is 2.60. The molecule has 0 aromatic heterocycles. The Kier molecular flexibility index (Phi) is 8.43. The molecule has 4 rings (SSSR count). The molecule has 11 heteroatoms. The standard InChI is InChI=1S/C26H45NO8S2/c1-17(4-9-24(28)27-14-15-36(29,30)31)21-7-8-22-20-6-5-18-16-19(35-37(32,33)34)10-12-25(18,2)23(20)11-13-26(21,22)3/h17-23H,4-16H2,1-3H3,(H,27,28)(H,29,30,31)(H,32,33,34)/t17-,18-,19-,20+,21-,22-,23+,25+,26-/m1/s1. The molecule has 4 fully saturated rings. The summed E-state index contributed by atoms with van der Waals surface area (Å²) in [6.45, 7) is 7.07. The predicted molar refractivity (Wildman–Crippen MR) is 139 cm³/mol. The van der Waals surface area contributed by atoms with Gasteiger partial charge in [-0.15, -0.1) is 0 Å². The van der Waals surface area contributed by atoms with Crippen molar-refractivity contribution < 1.29 is 34.9 Å². The first kappa shape index (κ1) is 29.2. The third kappa shape index (κ3) is 6.36. The molecule has 3 N–H and O–H groups in total. The van der Waals surface area contributed by atoms with Crippen molar-refractivity contribution in [3.8, 4) is 0 Å². The molecule has 0 bridgehead atoms. The average molecular weight is 564 g/mol. The van der Waals surface area contributed by atoms with Crippen LogP contribution < -0.4 is 5.32 Å². The summed E-state index contributed by atoms with van der Waals surface area (Å²) in [5.41, 5.74) is 0.448. The highest BCUT2D eigenvalue weighted by molar-refractivity contribution is 7.85. The minimum Gasteiger partial charge on any atom is -0.355 e. The number of rotatable bonds is 9. The SMILES string of the molecule is C[C@H](CCC(=O)NCCS(=O)(=O)O)[C@H]1CC[C@@H]2[C@@H]3CC[C@@H]4C[C@H](OS(=O)(=O)O)CC[C@]4(C)[C@H]3CC[C@@]21C. The smallest absolute Gasteiger partial charge is 0.355 e. The lowest BCUT2D eigenvalue weighted by atomic mass is 9.44. The van der Waals surface area contributed by atoms with E-state index in [1.807, 2.05) is 0 Å². The quantitative estimate of drug-likeness (QED) is 0.353. The van der Waals surface area contributed by atoms with Crippen LogP contribution in [-0.4, -0.2) is 50.2 Å². The summed E-state index contributed by atoms with van der Waals surface area (Å²) in [5.74, 6) is 2.75. The lowest BCUT2D eigenvalue weighted by Crippen LogP contribution is -2.54. The number of hydrogen-bond acceptors (Lipinski definition) is 6. The van der Waals surface area contributed by atoms with Crippen molar-refractivity contribution in [3.63, 3.8) is 0 Å². The average Bonchev–Trinajstić information content (AvgIpc) is 3.13. The Balaban J connectivity index is 1.35. The summed E-state index contributed by atoms with van der Waals surface area (Å²) >= 11 is 0. The molecule has 214 valence electrons. The van der Waals surface area contributed by atoms with Crippen molar-refractivity contribution in [2.45, 2.75) is 97.5 Å². The monoisotopic (exact) mass is 563 g/mol. The van der Waals surface area contributed by atoms with E-state index in [0.29, 0.717) is 54.8 Å². The molecule has 9 atom stereocenters. The molecule has 0 spiro atoms. The largest absolute Gasteiger partial charge is 0.397 e. The first-order chi connectivity index (χ1) is 17.1. The van der Waals surface area contributed by atoms with Crippen LogP contribution in [0, 0.1) is 46.3 Å². The summed E-state index contributed by atoms with van der Waals surface area (Å²) in [7, 11) is -8.49. The van der Waals surface area contributed by atoms with Gasteiger partial charge < -0.3 is 5.32 Å². The van der Waals surface area contributed by atoms with Crippen molar-refractivity contribution in [3.05, 3.63) is 0 Å². The first-order valence-electron chi connectivity index (χ1n) is 14.0. The van der Waals surface area contributed by atoms with Crippen LogP contribution in [0.2, 0.25) is 0 Å². The van der Waals surface area contributed by atoms with E-state index in [2.05, 4.69) is 26.1 Å². The molecular formula is C26H45NO8S2. The Morgan fingerprint density at radius 2 is 1.65 bits per heavy atom. The summed E-state index contributed by atoms with van der Waals surface area (Å²) < 4.78 is 67.2. The van der Waals surface area contributed by atoms with E-state index < -0.39 is 32.4 Å². The van der Waals surface area contributed by atoms with Gasteiger partial charge in [-0.2, -0.15) is 16.8 Å². The van der Waals surface area contributed by atoms with Gasteiger partial charge in [0.25, 0.3) is 10.1 Å². The van der Waals surface area contributed by atoms with Gasteiger partial charge in [-0.1, -0.05) is 20.8 Å². The fourth-order valence-electron chi connectivity index (χ4n) is 9.42. The summed E-state index contributed by atoms with van der Waals surface area (Å²) in [5, 5.41) is 2.60. The Labute approximate surface area is 222 Å². The van der Waals surface area contributed by atoms with E-state index in [0.717, 1.165) is 19.3 Å². The van der Waals surface area contributed by atoms with Crippen molar-refractivity contribution in [1.29, 1.82) is 0 Å². The van der Waals surface area contributed by atoms with Gasteiger partial charge >= 0.3 is 10.4 Å². The maximum atomic E-state index is 12.2. The van der Waals surface area contributed by atoms with E-state index in [9.17, 15) is 21.6 Å². The lowest BCUT2D eigenvalue weighted by Gasteiger charge is -2.61. The maximum absolute atomic E-state index is 12.2. The number of amides is 1. The molecule has 1 amide bonds. The molecule has 9 nitrogen and oxygen atoms in total. The summed E-state index contributed by atoms with van der Waals surface area (Å²) in [4.78, 5) is 12.2. The van der Waals surface area contributed by atoms with Crippen LogP contribution in [0.3, 0.4) is 0 Å². The van der Waals surface area contributed by atoms with E-state index in [1.165, 1.54) is 32.1 Å². The highest BCUT2D eigenvalue weighted by atomic mass is 32.3. The second kappa shape index (κ2) is 10.7. The normalized spacial score (nSPS) is 40.8. The Hall–Kier alpha value is -0.750. The minimum atomic E-state index is -4.42. The number of carbonyl (C=O) groups excluding carboxylic acids is 1. The predicted octanol–water partition coefficient (Wildman–Crippen LogP) is 4.25. The molecule has 37 heavy (non-hydrogen) atoms. The summed E-state index contributed by atoms with van der Waals surface area (Å²) in [6, 6.07) is 0. The van der Waals surface area contributed by atoms with Gasteiger partial charge in [0, 0.05) is 13.0 Å². The second-order valence-electron chi connectivity index (χ2n) is 13.0. The molecule has 4 aliphatic rings. The molecule has 4 aliphatic carbocycles. The number of fused-ring (bicyclic) bond motifs is 5. The zero-order valence-corrected chi connectivity index (χ0v) is 24.0. The maximum Gasteiger partial charge on any atom is 0.397 e. The van der Waals surface area contributed by atoms with Crippen LogP contribution in [0.1, 0.15) is 91.4 Å². The van der Waals surface area contributed by atoms with E-state index in [-0.39, 0.29) is 23.3 Å². The molecule has 0 aromatic rings.